The van der Waals surface area contributed by atoms with Crippen molar-refractivity contribution in [2.24, 2.45) is 5.41 Å². The Morgan fingerprint density at radius 1 is 1.33 bits per heavy atom. The SMILES string of the molecule is CC1(C)CSCC(Nc2ccc(-n3cc[nH]c3=O)cc2)C1. The standard InChI is InChI=1S/C16H21N3OS/c1-16(2)9-13(10-21-11-16)18-12-3-5-14(6-4-12)19-8-7-17-15(19)20/h3-8,13,18H,9-11H2,1-2H3,(H,17,20). The van der Waals surface area contributed by atoms with Gasteiger partial charge in [-0.05, 0) is 41.9 Å². The molecule has 0 aliphatic carbocycles. The lowest BCUT2D eigenvalue weighted by atomic mass is 9.88. The Morgan fingerprint density at radius 2 is 2.10 bits per heavy atom. The van der Waals surface area contributed by atoms with Crippen LogP contribution in [0.5, 0.6) is 0 Å². The van der Waals surface area contributed by atoms with Gasteiger partial charge in [0.25, 0.3) is 0 Å². The highest BCUT2D eigenvalue weighted by atomic mass is 32.2. The van der Waals surface area contributed by atoms with Crippen LogP contribution in [-0.4, -0.2) is 27.1 Å². The molecule has 0 bridgehead atoms. The number of aromatic amines is 1. The maximum Gasteiger partial charge on any atom is 0.330 e. The lowest BCUT2D eigenvalue weighted by Gasteiger charge is -2.35. The lowest BCUT2D eigenvalue weighted by molar-refractivity contribution is 0.358. The van der Waals surface area contributed by atoms with Gasteiger partial charge in [-0.25, -0.2) is 4.79 Å². The van der Waals surface area contributed by atoms with Gasteiger partial charge < -0.3 is 10.3 Å². The van der Waals surface area contributed by atoms with E-state index in [0.29, 0.717) is 11.5 Å². The molecular formula is C16H21N3OS. The van der Waals surface area contributed by atoms with Gasteiger partial charge in [0.05, 0.1) is 5.69 Å². The number of aromatic nitrogens is 2. The minimum Gasteiger partial charge on any atom is -0.381 e. The first-order valence-electron chi connectivity index (χ1n) is 7.24. The number of nitrogens with zero attached hydrogens (tertiary/aromatic N) is 1. The van der Waals surface area contributed by atoms with Crippen LogP contribution in [0.15, 0.2) is 41.5 Å². The summed E-state index contributed by atoms with van der Waals surface area (Å²) in [7, 11) is 0. The average molecular weight is 303 g/mol. The molecule has 0 radical (unpaired) electrons. The zero-order valence-electron chi connectivity index (χ0n) is 12.4. The van der Waals surface area contributed by atoms with Crippen LogP contribution in [0.4, 0.5) is 5.69 Å². The van der Waals surface area contributed by atoms with Crippen molar-refractivity contribution < 1.29 is 0 Å². The van der Waals surface area contributed by atoms with Crippen LogP contribution in [-0.2, 0) is 0 Å². The highest BCUT2D eigenvalue weighted by Gasteiger charge is 2.28. The van der Waals surface area contributed by atoms with E-state index in [1.54, 1.807) is 17.0 Å². The molecule has 2 aromatic rings. The maximum absolute atomic E-state index is 11.6. The number of H-pyrrole nitrogens is 1. The van der Waals surface area contributed by atoms with E-state index >= 15 is 0 Å². The maximum atomic E-state index is 11.6. The Labute approximate surface area is 129 Å². The number of thioether (sulfide) groups is 1. The monoisotopic (exact) mass is 303 g/mol. The third-order valence-corrected chi connectivity index (χ3v) is 5.40. The minimum atomic E-state index is -0.110. The summed E-state index contributed by atoms with van der Waals surface area (Å²) >= 11 is 2.02. The first-order chi connectivity index (χ1) is 10.0. The van der Waals surface area contributed by atoms with E-state index in [4.69, 9.17) is 0 Å². The Balaban J connectivity index is 1.70. The molecule has 112 valence electrons. The molecule has 4 nitrogen and oxygen atoms in total. The number of anilines is 1. The average Bonchev–Trinajstić information content (AvgIpc) is 2.85. The molecule has 21 heavy (non-hydrogen) atoms. The molecular weight excluding hydrogens is 282 g/mol. The normalized spacial score (nSPS) is 21.1. The van der Waals surface area contributed by atoms with E-state index < -0.39 is 0 Å². The van der Waals surface area contributed by atoms with Gasteiger partial charge in [0, 0.05) is 29.9 Å². The minimum absolute atomic E-state index is 0.110. The number of hydrogen-bond donors (Lipinski definition) is 2. The molecule has 2 heterocycles. The third-order valence-electron chi connectivity index (χ3n) is 3.78. The molecule has 1 aliphatic heterocycles. The summed E-state index contributed by atoms with van der Waals surface area (Å²) in [6.07, 6.45) is 4.58. The van der Waals surface area contributed by atoms with Gasteiger partial charge in [0.2, 0.25) is 0 Å². The van der Waals surface area contributed by atoms with Gasteiger partial charge in [0.15, 0.2) is 0 Å². The molecule has 1 aromatic heterocycles. The highest BCUT2D eigenvalue weighted by Crippen LogP contribution is 2.34. The van der Waals surface area contributed by atoms with Crippen LogP contribution in [0.25, 0.3) is 5.69 Å². The van der Waals surface area contributed by atoms with E-state index in [-0.39, 0.29) is 5.69 Å². The van der Waals surface area contributed by atoms with E-state index in [1.807, 2.05) is 36.0 Å². The summed E-state index contributed by atoms with van der Waals surface area (Å²) in [4.78, 5) is 14.2. The van der Waals surface area contributed by atoms with Gasteiger partial charge in [0.1, 0.15) is 0 Å². The van der Waals surface area contributed by atoms with Crippen LogP contribution in [0.2, 0.25) is 0 Å². The predicted molar refractivity (Wildman–Crippen MR) is 89.5 cm³/mol. The predicted octanol–water partition coefficient (Wildman–Crippen LogP) is 3.11. The van der Waals surface area contributed by atoms with Gasteiger partial charge in [-0.15, -0.1) is 0 Å². The first kappa shape index (κ1) is 14.3. The van der Waals surface area contributed by atoms with Gasteiger partial charge >= 0.3 is 5.69 Å². The number of rotatable bonds is 3. The fourth-order valence-electron chi connectivity index (χ4n) is 2.83. The van der Waals surface area contributed by atoms with Crippen LogP contribution in [0.3, 0.4) is 0 Å². The molecule has 1 atom stereocenters. The second-order valence-electron chi connectivity index (χ2n) is 6.41. The Kier molecular flexibility index (Phi) is 3.85. The number of hydrogen-bond acceptors (Lipinski definition) is 3. The number of imidazole rings is 1. The highest BCUT2D eigenvalue weighted by molar-refractivity contribution is 7.99. The van der Waals surface area contributed by atoms with Crippen molar-refractivity contribution >= 4 is 17.4 Å². The fraction of sp³-hybridized carbons (Fsp3) is 0.438. The molecule has 1 saturated heterocycles. The molecule has 0 saturated carbocycles. The third kappa shape index (κ3) is 3.35. The van der Waals surface area contributed by atoms with Crippen LogP contribution in [0.1, 0.15) is 20.3 Å². The largest absolute Gasteiger partial charge is 0.381 e. The van der Waals surface area contributed by atoms with Crippen molar-refractivity contribution in [1.29, 1.82) is 0 Å². The van der Waals surface area contributed by atoms with Crippen molar-refractivity contribution in [3.05, 3.63) is 47.1 Å². The summed E-state index contributed by atoms with van der Waals surface area (Å²) in [6.45, 7) is 4.66. The summed E-state index contributed by atoms with van der Waals surface area (Å²) in [5.41, 5.74) is 2.29. The summed E-state index contributed by atoms with van der Waals surface area (Å²) in [5, 5.41) is 3.61. The summed E-state index contributed by atoms with van der Waals surface area (Å²) in [6, 6.07) is 8.54. The van der Waals surface area contributed by atoms with Crippen molar-refractivity contribution in [3.63, 3.8) is 0 Å². The molecule has 1 fully saturated rings. The van der Waals surface area contributed by atoms with Crippen LogP contribution < -0.4 is 11.0 Å². The van der Waals surface area contributed by atoms with Crippen LogP contribution >= 0.6 is 11.8 Å². The number of benzene rings is 1. The van der Waals surface area contributed by atoms with Gasteiger partial charge in [-0.2, -0.15) is 11.8 Å². The molecule has 5 heteroatoms. The molecule has 1 aliphatic rings. The van der Waals surface area contributed by atoms with E-state index in [1.165, 1.54) is 12.2 Å². The zero-order valence-corrected chi connectivity index (χ0v) is 13.2. The topological polar surface area (TPSA) is 49.8 Å². The smallest absolute Gasteiger partial charge is 0.330 e. The van der Waals surface area contributed by atoms with Crippen molar-refractivity contribution in [3.8, 4) is 5.69 Å². The lowest BCUT2D eigenvalue weighted by Crippen LogP contribution is -2.35. The van der Waals surface area contributed by atoms with E-state index in [0.717, 1.165) is 17.1 Å². The molecule has 2 N–H and O–H groups in total. The Hall–Kier alpha value is -1.62. The van der Waals surface area contributed by atoms with Gasteiger partial charge in [-0.3, -0.25) is 4.57 Å². The van der Waals surface area contributed by atoms with Gasteiger partial charge in [-0.1, -0.05) is 13.8 Å². The second kappa shape index (κ2) is 5.64. The van der Waals surface area contributed by atoms with Crippen molar-refractivity contribution in [1.82, 2.24) is 9.55 Å². The second-order valence-corrected chi connectivity index (χ2v) is 7.44. The molecule has 1 unspecified atom stereocenters. The van der Waals surface area contributed by atoms with Crippen molar-refractivity contribution in [2.75, 3.05) is 16.8 Å². The van der Waals surface area contributed by atoms with E-state index in [2.05, 4.69) is 24.1 Å². The molecule has 0 spiro atoms. The Morgan fingerprint density at radius 3 is 2.71 bits per heavy atom. The van der Waals surface area contributed by atoms with Crippen molar-refractivity contribution in [2.45, 2.75) is 26.3 Å². The first-order valence-corrected chi connectivity index (χ1v) is 8.40. The summed E-state index contributed by atoms with van der Waals surface area (Å²) in [5.74, 6) is 2.39. The summed E-state index contributed by atoms with van der Waals surface area (Å²) < 4.78 is 1.60. The molecule has 0 amide bonds. The van der Waals surface area contributed by atoms with Crippen LogP contribution in [0, 0.1) is 5.41 Å². The fourth-order valence-corrected chi connectivity index (χ4v) is 4.11. The molecule has 3 rings (SSSR count). The van der Waals surface area contributed by atoms with E-state index in [9.17, 15) is 4.79 Å². The Bertz CT molecular complexity index is 657. The number of nitrogens with one attached hydrogen (secondary N) is 2. The quantitative estimate of drug-likeness (QED) is 0.916. The zero-order chi connectivity index (χ0) is 14.9. The molecule has 1 aromatic carbocycles.